The number of carbonyl (C=O) groups is 1. The predicted molar refractivity (Wildman–Crippen MR) is 91.3 cm³/mol. The molecule has 0 aromatic carbocycles. The zero-order chi connectivity index (χ0) is 18.9. The molecule has 1 amide bonds. The number of nitrogens with zero attached hydrogens (tertiary/aromatic N) is 4. The number of nitrogens with one attached hydrogen (secondary N) is 1. The van der Waals surface area contributed by atoms with Gasteiger partial charge in [-0.25, -0.2) is 0 Å². The highest BCUT2D eigenvalue weighted by Crippen LogP contribution is 2.46. The number of carbonyl (C=O) groups excluding carboxylic acids is 1. The number of hydrogen-bond donors (Lipinski definition) is 1. The lowest BCUT2D eigenvalue weighted by molar-refractivity contribution is -0.142. The van der Waals surface area contributed by atoms with E-state index in [0.29, 0.717) is 18.8 Å². The highest BCUT2D eigenvalue weighted by Gasteiger charge is 2.41. The number of aromatic nitrogens is 4. The Balaban J connectivity index is 1.63. The summed E-state index contributed by atoms with van der Waals surface area (Å²) in [4.78, 5) is 12.1. The van der Waals surface area contributed by atoms with Crippen LogP contribution in [0.2, 0.25) is 0 Å². The third-order valence-corrected chi connectivity index (χ3v) is 5.07. The fourth-order valence-electron chi connectivity index (χ4n) is 2.83. The van der Waals surface area contributed by atoms with Gasteiger partial charge >= 0.3 is 6.18 Å². The van der Waals surface area contributed by atoms with Crippen molar-refractivity contribution in [2.75, 3.05) is 0 Å². The van der Waals surface area contributed by atoms with Gasteiger partial charge in [-0.15, -0.1) is 0 Å². The maximum absolute atomic E-state index is 13.1. The quantitative estimate of drug-likeness (QED) is 0.726. The molecular formula is C16H19BrF3N5O. The summed E-state index contributed by atoms with van der Waals surface area (Å²) >= 11 is 3.04. The lowest BCUT2D eigenvalue weighted by atomic mass is 10.2. The van der Waals surface area contributed by atoms with Crippen LogP contribution in [0.5, 0.6) is 0 Å². The van der Waals surface area contributed by atoms with Crippen LogP contribution in [0.4, 0.5) is 13.2 Å². The molecule has 0 saturated heterocycles. The van der Waals surface area contributed by atoms with Gasteiger partial charge in [0, 0.05) is 25.1 Å². The van der Waals surface area contributed by atoms with Crippen molar-refractivity contribution in [1.29, 1.82) is 0 Å². The van der Waals surface area contributed by atoms with E-state index >= 15 is 0 Å². The molecule has 10 heteroatoms. The molecule has 0 aliphatic heterocycles. The molecular weight excluding hydrogens is 415 g/mol. The maximum atomic E-state index is 13.1. The fourth-order valence-corrected chi connectivity index (χ4v) is 3.66. The van der Waals surface area contributed by atoms with E-state index in [-0.39, 0.29) is 29.3 Å². The normalized spacial score (nSPS) is 14.7. The van der Waals surface area contributed by atoms with Gasteiger partial charge in [-0.1, -0.05) is 0 Å². The molecule has 0 bridgehead atoms. The first-order valence-corrected chi connectivity index (χ1v) is 9.21. The maximum Gasteiger partial charge on any atom is 0.436 e. The molecule has 2 aromatic rings. The van der Waals surface area contributed by atoms with E-state index in [1.54, 1.807) is 10.9 Å². The summed E-state index contributed by atoms with van der Waals surface area (Å²) in [5.74, 6) is -0.161. The van der Waals surface area contributed by atoms with E-state index in [2.05, 4.69) is 31.4 Å². The molecule has 1 N–H and O–H groups in total. The van der Waals surface area contributed by atoms with Gasteiger partial charge in [-0.2, -0.15) is 23.4 Å². The SMILES string of the molecule is CCn1nccc1CNC(=O)CCn1nc(C(F)(F)F)c(Br)c1C1CC1. The number of rotatable bonds is 7. The highest BCUT2D eigenvalue weighted by atomic mass is 79.9. The first-order chi connectivity index (χ1) is 12.3. The molecule has 2 aromatic heterocycles. The lowest BCUT2D eigenvalue weighted by Gasteiger charge is -2.09. The van der Waals surface area contributed by atoms with Crippen LogP contribution in [0, 0.1) is 0 Å². The van der Waals surface area contributed by atoms with Crippen molar-refractivity contribution < 1.29 is 18.0 Å². The van der Waals surface area contributed by atoms with Crippen LogP contribution >= 0.6 is 15.9 Å². The van der Waals surface area contributed by atoms with E-state index in [1.807, 2.05) is 13.0 Å². The van der Waals surface area contributed by atoms with Crippen LogP contribution in [0.15, 0.2) is 16.7 Å². The molecule has 0 atom stereocenters. The van der Waals surface area contributed by atoms with Crippen molar-refractivity contribution >= 4 is 21.8 Å². The van der Waals surface area contributed by atoms with Crippen LogP contribution in [-0.4, -0.2) is 25.5 Å². The third-order valence-electron chi connectivity index (χ3n) is 4.29. The van der Waals surface area contributed by atoms with Crippen molar-refractivity contribution in [1.82, 2.24) is 24.9 Å². The summed E-state index contributed by atoms with van der Waals surface area (Å²) in [5.41, 5.74) is 0.488. The summed E-state index contributed by atoms with van der Waals surface area (Å²) in [6.45, 7) is 3.09. The average Bonchev–Trinajstić information content (AvgIpc) is 3.19. The van der Waals surface area contributed by atoms with E-state index in [1.165, 1.54) is 4.68 Å². The van der Waals surface area contributed by atoms with E-state index < -0.39 is 11.9 Å². The van der Waals surface area contributed by atoms with Crippen LogP contribution in [0.3, 0.4) is 0 Å². The number of halogens is 4. The van der Waals surface area contributed by atoms with Crippen molar-refractivity contribution in [2.45, 2.75) is 57.9 Å². The molecule has 1 saturated carbocycles. The Morgan fingerprint density at radius 3 is 2.73 bits per heavy atom. The second-order valence-electron chi connectivity index (χ2n) is 6.21. The van der Waals surface area contributed by atoms with E-state index in [4.69, 9.17) is 0 Å². The third kappa shape index (κ3) is 4.11. The Hall–Kier alpha value is -1.84. The van der Waals surface area contributed by atoms with E-state index in [0.717, 1.165) is 18.5 Å². The van der Waals surface area contributed by atoms with Gasteiger partial charge in [0.25, 0.3) is 0 Å². The Morgan fingerprint density at radius 2 is 2.12 bits per heavy atom. The second kappa shape index (κ2) is 7.42. The van der Waals surface area contributed by atoms with Gasteiger partial charge in [0.05, 0.1) is 29.0 Å². The highest BCUT2D eigenvalue weighted by molar-refractivity contribution is 9.10. The number of aryl methyl sites for hydroxylation is 2. The standard InChI is InChI=1S/C16H19BrF3N5O/c1-2-24-11(5-7-22-24)9-21-12(26)6-8-25-14(10-3-4-10)13(17)15(23-25)16(18,19)20/h5,7,10H,2-4,6,8-9H2,1H3,(H,21,26). The zero-order valence-electron chi connectivity index (χ0n) is 14.2. The Morgan fingerprint density at radius 1 is 1.38 bits per heavy atom. The molecule has 1 aliphatic rings. The molecule has 0 radical (unpaired) electrons. The second-order valence-corrected chi connectivity index (χ2v) is 7.00. The smallest absolute Gasteiger partial charge is 0.350 e. The summed E-state index contributed by atoms with van der Waals surface area (Å²) < 4.78 is 42.3. The Kier molecular flexibility index (Phi) is 5.40. The van der Waals surface area contributed by atoms with Crippen molar-refractivity contribution in [3.8, 4) is 0 Å². The number of alkyl halides is 3. The summed E-state index contributed by atoms with van der Waals surface area (Å²) in [6.07, 6.45) is -1.11. The largest absolute Gasteiger partial charge is 0.436 e. The molecule has 142 valence electrons. The fraction of sp³-hybridized carbons (Fsp3) is 0.562. The van der Waals surface area contributed by atoms with Crippen LogP contribution in [0.1, 0.15) is 49.2 Å². The zero-order valence-corrected chi connectivity index (χ0v) is 15.8. The Bertz CT molecular complexity index is 794. The van der Waals surface area contributed by atoms with Crippen LogP contribution in [-0.2, 0) is 30.6 Å². The minimum Gasteiger partial charge on any atom is -0.350 e. The van der Waals surface area contributed by atoms with Gasteiger partial charge < -0.3 is 5.32 Å². The van der Waals surface area contributed by atoms with Gasteiger partial charge in [0.2, 0.25) is 5.91 Å². The average molecular weight is 434 g/mol. The summed E-state index contributed by atoms with van der Waals surface area (Å²) in [7, 11) is 0. The molecule has 26 heavy (non-hydrogen) atoms. The summed E-state index contributed by atoms with van der Waals surface area (Å²) in [5, 5.41) is 10.6. The van der Waals surface area contributed by atoms with Gasteiger partial charge in [-0.05, 0) is 41.8 Å². The summed E-state index contributed by atoms with van der Waals surface area (Å²) in [6, 6.07) is 1.81. The minimum absolute atomic E-state index is 0.000226. The lowest BCUT2D eigenvalue weighted by Crippen LogP contribution is -2.25. The van der Waals surface area contributed by atoms with E-state index in [9.17, 15) is 18.0 Å². The first kappa shape index (κ1) is 18.9. The first-order valence-electron chi connectivity index (χ1n) is 8.42. The number of amides is 1. The molecule has 2 heterocycles. The molecule has 6 nitrogen and oxygen atoms in total. The van der Waals surface area contributed by atoms with Gasteiger partial charge in [0.15, 0.2) is 5.69 Å². The molecule has 0 spiro atoms. The monoisotopic (exact) mass is 433 g/mol. The molecule has 1 aliphatic carbocycles. The van der Waals surface area contributed by atoms with Crippen LogP contribution < -0.4 is 5.32 Å². The Labute approximate surface area is 156 Å². The topological polar surface area (TPSA) is 64.7 Å². The van der Waals surface area contributed by atoms with Crippen molar-refractivity contribution in [3.63, 3.8) is 0 Å². The van der Waals surface area contributed by atoms with Crippen molar-refractivity contribution in [2.24, 2.45) is 0 Å². The number of hydrogen-bond acceptors (Lipinski definition) is 3. The van der Waals surface area contributed by atoms with Gasteiger partial charge in [-0.3, -0.25) is 14.2 Å². The molecule has 1 fully saturated rings. The minimum atomic E-state index is -4.52. The van der Waals surface area contributed by atoms with Crippen molar-refractivity contribution in [3.05, 3.63) is 33.8 Å². The predicted octanol–water partition coefficient (Wildman–Crippen LogP) is 3.46. The van der Waals surface area contributed by atoms with Crippen LogP contribution in [0.25, 0.3) is 0 Å². The molecule has 0 unspecified atom stereocenters. The van der Waals surface area contributed by atoms with Gasteiger partial charge in [0.1, 0.15) is 0 Å². The molecule has 3 rings (SSSR count).